The Balaban J connectivity index is 1.54. The molecule has 0 spiro atoms. The number of carbonyl (C=O) groups excluding carboxylic acids is 2. The fraction of sp³-hybridized carbons (Fsp3) is 0.120. The van der Waals surface area contributed by atoms with E-state index in [0.717, 1.165) is 33.4 Å². The van der Waals surface area contributed by atoms with E-state index in [1.165, 1.54) is 0 Å². The van der Waals surface area contributed by atoms with Crippen LogP contribution in [0.1, 0.15) is 22.3 Å². The van der Waals surface area contributed by atoms with E-state index in [4.69, 9.17) is 27.9 Å². The highest BCUT2D eigenvalue weighted by atomic mass is 35.5. The molecule has 0 unspecified atom stereocenters. The summed E-state index contributed by atoms with van der Waals surface area (Å²) in [5, 5.41) is 0.459. The lowest BCUT2D eigenvalue weighted by Crippen LogP contribution is -2.27. The lowest BCUT2D eigenvalue weighted by molar-refractivity contribution is -0.123. The monoisotopic (exact) mass is 483 g/mol. The molecule has 1 aliphatic rings. The standard InChI is InChI=1S/C25H19Cl2NO3S/c1-16-6-4-7-17(12-16)15-31-22-11-3-2-8-18(22)13-23-24(29)28(25(30)32-23)14-19-20(26)9-5-10-21(19)27/h2-13H,14-15H2,1H3/b23-13+. The van der Waals surface area contributed by atoms with Crippen molar-refractivity contribution in [2.75, 3.05) is 0 Å². The summed E-state index contributed by atoms with van der Waals surface area (Å²) in [4.78, 5) is 27.0. The fourth-order valence-electron chi connectivity index (χ4n) is 3.31. The molecule has 1 heterocycles. The molecular formula is C25H19Cl2NO3S. The van der Waals surface area contributed by atoms with Crippen molar-refractivity contribution in [1.29, 1.82) is 0 Å². The first-order valence-electron chi connectivity index (χ1n) is 9.88. The molecule has 1 fully saturated rings. The van der Waals surface area contributed by atoms with E-state index >= 15 is 0 Å². The molecule has 1 saturated heterocycles. The second kappa shape index (κ2) is 9.82. The summed E-state index contributed by atoms with van der Waals surface area (Å²) in [7, 11) is 0. The molecule has 4 rings (SSSR count). The number of carbonyl (C=O) groups is 2. The minimum absolute atomic E-state index is 0.0199. The fourth-order valence-corrected chi connectivity index (χ4v) is 4.66. The second-order valence-corrected chi connectivity index (χ2v) is 9.09. The molecule has 1 aliphatic heterocycles. The van der Waals surface area contributed by atoms with Crippen LogP contribution in [0.3, 0.4) is 0 Å². The predicted molar refractivity (Wildman–Crippen MR) is 130 cm³/mol. The molecule has 2 amide bonds. The third kappa shape index (κ3) is 5.01. The van der Waals surface area contributed by atoms with E-state index in [9.17, 15) is 9.59 Å². The number of aryl methyl sites for hydroxylation is 1. The maximum absolute atomic E-state index is 13.0. The largest absolute Gasteiger partial charge is 0.488 e. The molecule has 0 aliphatic carbocycles. The Bertz CT molecular complexity index is 1210. The van der Waals surface area contributed by atoms with Gasteiger partial charge in [-0.3, -0.25) is 14.5 Å². The maximum Gasteiger partial charge on any atom is 0.293 e. The van der Waals surface area contributed by atoms with Gasteiger partial charge in [0.25, 0.3) is 11.1 Å². The number of para-hydroxylation sites is 1. The molecule has 0 aromatic heterocycles. The number of halogens is 2. The Morgan fingerprint density at radius 2 is 1.69 bits per heavy atom. The number of hydrogen-bond acceptors (Lipinski definition) is 4. The first-order chi connectivity index (χ1) is 15.4. The zero-order valence-corrected chi connectivity index (χ0v) is 19.5. The Morgan fingerprint density at radius 1 is 0.969 bits per heavy atom. The molecule has 32 heavy (non-hydrogen) atoms. The highest BCUT2D eigenvalue weighted by Gasteiger charge is 2.35. The van der Waals surface area contributed by atoms with Gasteiger partial charge in [0.1, 0.15) is 12.4 Å². The summed E-state index contributed by atoms with van der Waals surface area (Å²) in [5.41, 5.74) is 3.48. The van der Waals surface area contributed by atoms with Crippen molar-refractivity contribution >= 4 is 52.2 Å². The minimum Gasteiger partial charge on any atom is -0.488 e. The van der Waals surface area contributed by atoms with E-state index in [1.54, 1.807) is 24.3 Å². The average molecular weight is 484 g/mol. The minimum atomic E-state index is -0.385. The van der Waals surface area contributed by atoms with Crippen LogP contribution in [0, 0.1) is 6.92 Å². The summed E-state index contributed by atoms with van der Waals surface area (Å²) in [5.74, 6) is 0.249. The molecule has 0 saturated carbocycles. The van der Waals surface area contributed by atoms with Gasteiger partial charge >= 0.3 is 0 Å². The Morgan fingerprint density at radius 3 is 2.44 bits per heavy atom. The summed E-state index contributed by atoms with van der Waals surface area (Å²) < 4.78 is 6.01. The van der Waals surface area contributed by atoms with Crippen LogP contribution in [-0.4, -0.2) is 16.0 Å². The molecular weight excluding hydrogens is 465 g/mol. The van der Waals surface area contributed by atoms with Gasteiger partial charge in [0.2, 0.25) is 0 Å². The van der Waals surface area contributed by atoms with E-state index in [0.29, 0.717) is 32.9 Å². The lowest BCUT2D eigenvalue weighted by atomic mass is 10.1. The van der Waals surface area contributed by atoms with E-state index in [2.05, 4.69) is 6.07 Å². The SMILES string of the molecule is Cc1cccc(COc2ccccc2/C=C2/SC(=O)N(Cc3c(Cl)cccc3Cl)C2=O)c1. The van der Waals surface area contributed by atoms with Gasteiger partial charge < -0.3 is 4.74 Å². The Labute approximate surface area is 200 Å². The van der Waals surface area contributed by atoms with Crippen molar-refractivity contribution in [3.8, 4) is 5.75 Å². The number of ether oxygens (including phenoxy) is 1. The predicted octanol–water partition coefficient (Wildman–Crippen LogP) is 7.12. The van der Waals surface area contributed by atoms with Crippen molar-refractivity contribution in [2.45, 2.75) is 20.1 Å². The van der Waals surface area contributed by atoms with Gasteiger partial charge in [-0.25, -0.2) is 0 Å². The maximum atomic E-state index is 13.0. The van der Waals surface area contributed by atoms with Crippen molar-refractivity contribution in [3.05, 3.63) is 104 Å². The molecule has 0 atom stereocenters. The second-order valence-electron chi connectivity index (χ2n) is 7.28. The lowest BCUT2D eigenvalue weighted by Gasteiger charge is -2.14. The highest BCUT2D eigenvalue weighted by molar-refractivity contribution is 8.18. The van der Waals surface area contributed by atoms with Crippen LogP contribution < -0.4 is 4.74 Å². The van der Waals surface area contributed by atoms with E-state index in [1.807, 2.05) is 49.4 Å². The topological polar surface area (TPSA) is 46.6 Å². The zero-order valence-electron chi connectivity index (χ0n) is 17.2. The summed E-state index contributed by atoms with van der Waals surface area (Å²) in [6, 6.07) is 20.6. The summed E-state index contributed by atoms with van der Waals surface area (Å²) in [6.45, 7) is 2.45. The first-order valence-corrected chi connectivity index (χ1v) is 11.5. The number of thioether (sulfide) groups is 1. The molecule has 3 aromatic rings. The smallest absolute Gasteiger partial charge is 0.293 e. The number of nitrogens with zero attached hydrogens (tertiary/aromatic N) is 1. The molecule has 4 nitrogen and oxygen atoms in total. The van der Waals surface area contributed by atoms with Crippen LogP contribution in [0.2, 0.25) is 10.0 Å². The van der Waals surface area contributed by atoms with Crippen LogP contribution in [0.15, 0.2) is 71.6 Å². The summed E-state index contributed by atoms with van der Waals surface area (Å²) in [6.07, 6.45) is 1.69. The van der Waals surface area contributed by atoms with Crippen LogP contribution in [-0.2, 0) is 17.9 Å². The van der Waals surface area contributed by atoms with E-state index in [-0.39, 0.29) is 17.7 Å². The Hall–Kier alpha value is -2.73. The number of hydrogen-bond donors (Lipinski definition) is 0. The van der Waals surface area contributed by atoms with Crippen molar-refractivity contribution in [3.63, 3.8) is 0 Å². The van der Waals surface area contributed by atoms with Gasteiger partial charge in [0.15, 0.2) is 0 Å². The third-order valence-electron chi connectivity index (χ3n) is 4.93. The molecule has 0 radical (unpaired) electrons. The van der Waals surface area contributed by atoms with Gasteiger partial charge in [-0.1, -0.05) is 77.3 Å². The Kier molecular flexibility index (Phi) is 6.89. The van der Waals surface area contributed by atoms with Gasteiger partial charge in [-0.15, -0.1) is 0 Å². The molecule has 7 heteroatoms. The van der Waals surface area contributed by atoms with Crippen LogP contribution in [0.25, 0.3) is 6.08 Å². The van der Waals surface area contributed by atoms with Crippen LogP contribution in [0.4, 0.5) is 4.79 Å². The highest BCUT2D eigenvalue weighted by Crippen LogP contribution is 2.36. The molecule has 3 aromatic carbocycles. The number of amides is 2. The van der Waals surface area contributed by atoms with Crippen LogP contribution in [0.5, 0.6) is 5.75 Å². The number of rotatable bonds is 6. The first kappa shape index (κ1) is 22.5. The molecule has 0 bridgehead atoms. The average Bonchev–Trinajstić information content (AvgIpc) is 3.03. The van der Waals surface area contributed by atoms with Gasteiger partial charge in [0, 0.05) is 21.2 Å². The number of imide groups is 1. The quantitative estimate of drug-likeness (QED) is 0.350. The normalized spacial score (nSPS) is 15.0. The van der Waals surface area contributed by atoms with Crippen LogP contribution >= 0.6 is 35.0 Å². The molecule has 0 N–H and O–H groups in total. The van der Waals surface area contributed by atoms with Crippen molar-refractivity contribution in [2.24, 2.45) is 0 Å². The third-order valence-corrected chi connectivity index (χ3v) is 6.55. The van der Waals surface area contributed by atoms with E-state index < -0.39 is 0 Å². The van der Waals surface area contributed by atoms with Gasteiger partial charge in [-0.2, -0.15) is 0 Å². The van der Waals surface area contributed by atoms with Gasteiger partial charge in [-0.05, 0) is 48.5 Å². The van der Waals surface area contributed by atoms with Crippen molar-refractivity contribution < 1.29 is 14.3 Å². The zero-order chi connectivity index (χ0) is 22.7. The molecule has 162 valence electrons. The number of benzene rings is 3. The van der Waals surface area contributed by atoms with Crippen molar-refractivity contribution in [1.82, 2.24) is 4.90 Å². The van der Waals surface area contributed by atoms with Gasteiger partial charge in [0.05, 0.1) is 11.4 Å². The summed E-state index contributed by atoms with van der Waals surface area (Å²) >= 11 is 13.3.